The zero-order valence-electron chi connectivity index (χ0n) is 22.1. The molecule has 2 saturated heterocycles. The number of benzene rings is 2. The maximum atomic E-state index is 13.4. The van der Waals surface area contributed by atoms with E-state index in [9.17, 15) is 13.6 Å². The topological polar surface area (TPSA) is 35.6 Å². The molecular formula is C31H39F2N3O. The molecule has 1 atom stereocenters. The monoisotopic (exact) mass is 507 g/mol. The predicted molar refractivity (Wildman–Crippen MR) is 146 cm³/mol. The van der Waals surface area contributed by atoms with Crippen molar-refractivity contribution in [2.24, 2.45) is 0 Å². The molecule has 0 aliphatic carbocycles. The van der Waals surface area contributed by atoms with Gasteiger partial charge in [-0.25, -0.2) is 8.78 Å². The second-order valence-electron chi connectivity index (χ2n) is 10.9. The lowest BCUT2D eigenvalue weighted by molar-refractivity contribution is 0.0226. The molecule has 4 rings (SSSR count). The number of likely N-dealkylation sites (tertiary alicyclic amines) is 1. The lowest BCUT2D eigenvalue weighted by atomic mass is 9.87. The highest BCUT2D eigenvalue weighted by molar-refractivity contribution is 5.77. The van der Waals surface area contributed by atoms with Crippen molar-refractivity contribution in [3.05, 3.63) is 94.8 Å². The van der Waals surface area contributed by atoms with Gasteiger partial charge in [0.25, 0.3) is 0 Å². The number of piperidine rings is 2. The van der Waals surface area contributed by atoms with E-state index in [0.29, 0.717) is 18.0 Å². The quantitative estimate of drug-likeness (QED) is 0.405. The second-order valence-corrected chi connectivity index (χ2v) is 10.9. The molecule has 0 bridgehead atoms. The minimum atomic E-state index is -2.69. The van der Waals surface area contributed by atoms with Crippen LogP contribution in [-0.2, 0) is 19.5 Å². The van der Waals surface area contributed by atoms with E-state index in [-0.39, 0.29) is 12.5 Å². The Kier molecular flexibility index (Phi) is 8.60. The fourth-order valence-electron chi connectivity index (χ4n) is 5.73. The summed E-state index contributed by atoms with van der Waals surface area (Å²) in [6.07, 6.45) is 4.69. The molecule has 2 aliphatic rings. The molecule has 1 N–H and O–H groups in total. The molecule has 2 aromatic rings. The van der Waals surface area contributed by atoms with Crippen LogP contribution in [0.15, 0.2) is 67.0 Å². The van der Waals surface area contributed by atoms with Crippen LogP contribution in [0.4, 0.5) is 8.78 Å². The lowest BCUT2D eigenvalue weighted by Crippen LogP contribution is -2.40. The Labute approximate surface area is 220 Å². The summed E-state index contributed by atoms with van der Waals surface area (Å²) in [7, 11) is 2.09. The van der Waals surface area contributed by atoms with Gasteiger partial charge in [0.15, 0.2) is 0 Å². The molecule has 2 heterocycles. The van der Waals surface area contributed by atoms with Crippen molar-refractivity contribution in [1.82, 2.24) is 15.1 Å². The van der Waals surface area contributed by atoms with Gasteiger partial charge in [-0.2, -0.15) is 0 Å². The van der Waals surface area contributed by atoms with Crippen LogP contribution in [0.2, 0.25) is 0 Å². The standard InChI is InChI=1S/C31H39F2N3O/c1-22-8-11-30(23(2)34-22)35(4)20-29-17-27(9-10-28(29)21-37)26-12-14-36(15-13-26)19-25-7-5-6-24(16-25)18-31(3,32)33/h5-7,9-10,16-17,21,26,30,34H,1-2,8,11-15,18-20H2,3-4H3. The lowest BCUT2D eigenvalue weighted by Gasteiger charge is -2.35. The van der Waals surface area contributed by atoms with Gasteiger partial charge in [-0.1, -0.05) is 55.6 Å². The van der Waals surface area contributed by atoms with Crippen molar-refractivity contribution >= 4 is 6.29 Å². The Morgan fingerprint density at radius 2 is 1.84 bits per heavy atom. The molecule has 4 nitrogen and oxygen atoms in total. The smallest absolute Gasteiger partial charge is 0.249 e. The Bertz CT molecular complexity index is 1130. The number of aldehydes is 1. The number of alkyl halides is 2. The number of carbonyl (C=O) groups is 1. The zero-order chi connectivity index (χ0) is 26.6. The largest absolute Gasteiger partial charge is 0.362 e. The van der Waals surface area contributed by atoms with Crippen molar-refractivity contribution in [3.8, 4) is 0 Å². The van der Waals surface area contributed by atoms with Gasteiger partial charge in [0.2, 0.25) is 5.92 Å². The summed E-state index contributed by atoms with van der Waals surface area (Å²) in [5, 5.41) is 3.28. The van der Waals surface area contributed by atoms with Crippen LogP contribution in [-0.4, -0.2) is 48.2 Å². The number of allylic oxidation sites excluding steroid dienone is 1. The number of halogens is 2. The van der Waals surface area contributed by atoms with Crippen LogP contribution in [0.3, 0.4) is 0 Å². The average molecular weight is 508 g/mol. The van der Waals surface area contributed by atoms with Crippen molar-refractivity contribution in [2.75, 3.05) is 20.1 Å². The zero-order valence-corrected chi connectivity index (χ0v) is 22.1. The van der Waals surface area contributed by atoms with E-state index < -0.39 is 5.92 Å². The fraction of sp³-hybridized carbons (Fsp3) is 0.452. The average Bonchev–Trinajstić information content (AvgIpc) is 2.83. The molecule has 37 heavy (non-hydrogen) atoms. The van der Waals surface area contributed by atoms with Gasteiger partial charge in [0, 0.05) is 42.5 Å². The maximum absolute atomic E-state index is 13.4. The van der Waals surface area contributed by atoms with Crippen molar-refractivity contribution in [1.29, 1.82) is 0 Å². The summed E-state index contributed by atoms with van der Waals surface area (Å²) in [6.45, 7) is 12.5. The van der Waals surface area contributed by atoms with Crippen LogP contribution < -0.4 is 5.32 Å². The van der Waals surface area contributed by atoms with Crippen LogP contribution in [0.1, 0.15) is 71.1 Å². The van der Waals surface area contributed by atoms with E-state index in [4.69, 9.17) is 0 Å². The summed E-state index contributed by atoms with van der Waals surface area (Å²) in [5.74, 6) is -2.25. The number of rotatable bonds is 9. The minimum absolute atomic E-state index is 0.207. The summed E-state index contributed by atoms with van der Waals surface area (Å²) < 4.78 is 26.9. The van der Waals surface area contributed by atoms with Crippen LogP contribution in [0, 0.1) is 0 Å². The van der Waals surface area contributed by atoms with E-state index in [2.05, 4.69) is 47.5 Å². The molecule has 0 radical (unpaired) electrons. The van der Waals surface area contributed by atoms with Crippen molar-refractivity contribution in [2.45, 2.75) is 70.0 Å². The number of hydrogen-bond donors (Lipinski definition) is 1. The predicted octanol–water partition coefficient (Wildman–Crippen LogP) is 6.29. The summed E-state index contributed by atoms with van der Waals surface area (Å²) in [6, 6.07) is 14.1. The van der Waals surface area contributed by atoms with Crippen LogP contribution in [0.5, 0.6) is 0 Å². The van der Waals surface area contributed by atoms with E-state index >= 15 is 0 Å². The normalized spacial score (nSPS) is 19.8. The highest BCUT2D eigenvalue weighted by atomic mass is 19.3. The summed E-state index contributed by atoms with van der Waals surface area (Å²) >= 11 is 0. The third kappa shape index (κ3) is 7.36. The molecule has 2 fully saturated rings. The van der Waals surface area contributed by atoms with Gasteiger partial charge < -0.3 is 5.32 Å². The minimum Gasteiger partial charge on any atom is -0.362 e. The maximum Gasteiger partial charge on any atom is 0.249 e. The number of nitrogens with one attached hydrogen (secondary N) is 1. The van der Waals surface area contributed by atoms with Crippen molar-refractivity contribution < 1.29 is 13.6 Å². The molecule has 0 spiro atoms. The molecule has 2 aliphatic heterocycles. The van der Waals surface area contributed by atoms with E-state index in [0.717, 1.165) is 86.6 Å². The number of likely N-dealkylation sites (N-methyl/N-ethyl adjacent to an activating group) is 1. The highest BCUT2D eigenvalue weighted by Gasteiger charge is 2.26. The first-order valence-electron chi connectivity index (χ1n) is 13.2. The number of carbonyl (C=O) groups excluding carboxylic acids is 1. The molecule has 2 aromatic carbocycles. The van der Waals surface area contributed by atoms with Gasteiger partial charge in [0.05, 0.1) is 0 Å². The molecule has 1 unspecified atom stereocenters. The van der Waals surface area contributed by atoms with E-state index in [1.54, 1.807) is 6.07 Å². The number of hydrogen-bond acceptors (Lipinski definition) is 4. The first-order chi connectivity index (χ1) is 17.6. The van der Waals surface area contributed by atoms with E-state index in [1.165, 1.54) is 5.56 Å². The van der Waals surface area contributed by atoms with E-state index in [1.807, 2.05) is 24.3 Å². The molecule has 6 heteroatoms. The van der Waals surface area contributed by atoms with Crippen LogP contribution >= 0.6 is 0 Å². The second kappa shape index (κ2) is 11.7. The van der Waals surface area contributed by atoms with Gasteiger partial charge in [-0.05, 0) is 80.9 Å². The first kappa shape index (κ1) is 27.2. The Hall–Kier alpha value is -2.83. The third-order valence-electron chi connectivity index (χ3n) is 7.68. The van der Waals surface area contributed by atoms with Gasteiger partial charge in [-0.3, -0.25) is 14.6 Å². The third-order valence-corrected chi connectivity index (χ3v) is 7.68. The molecule has 0 aromatic heterocycles. The molecular weight excluding hydrogens is 468 g/mol. The Morgan fingerprint density at radius 3 is 2.51 bits per heavy atom. The van der Waals surface area contributed by atoms with Crippen LogP contribution in [0.25, 0.3) is 0 Å². The van der Waals surface area contributed by atoms with Gasteiger partial charge >= 0.3 is 0 Å². The summed E-state index contributed by atoms with van der Waals surface area (Å²) in [4.78, 5) is 16.5. The van der Waals surface area contributed by atoms with Gasteiger partial charge in [-0.15, -0.1) is 0 Å². The molecule has 198 valence electrons. The fourth-order valence-corrected chi connectivity index (χ4v) is 5.73. The summed E-state index contributed by atoms with van der Waals surface area (Å²) in [5.41, 5.74) is 6.82. The van der Waals surface area contributed by atoms with Crippen molar-refractivity contribution in [3.63, 3.8) is 0 Å². The highest BCUT2D eigenvalue weighted by Crippen LogP contribution is 2.31. The number of nitrogens with zero attached hydrogens (tertiary/aromatic N) is 2. The van der Waals surface area contributed by atoms with Gasteiger partial charge in [0.1, 0.15) is 6.29 Å². The molecule has 0 amide bonds. The SMILES string of the molecule is C=C1CCC(N(C)Cc2cc(C3CCN(Cc4cccc(CC(C)(F)F)c4)CC3)ccc2C=O)C(=C)N1. The molecule has 0 saturated carbocycles. The Balaban J connectivity index is 1.37. The first-order valence-corrected chi connectivity index (χ1v) is 13.2. The Morgan fingerprint density at radius 1 is 1.11 bits per heavy atom.